The molecule has 0 amide bonds. The minimum absolute atomic E-state index is 0.279. The van der Waals surface area contributed by atoms with Gasteiger partial charge in [0.15, 0.2) is 4.33 Å². The van der Waals surface area contributed by atoms with E-state index in [1.165, 1.54) is 6.08 Å². The van der Waals surface area contributed by atoms with Crippen LogP contribution in [0.4, 0.5) is 0 Å². The zero-order valence-electron chi connectivity index (χ0n) is 9.03. The summed E-state index contributed by atoms with van der Waals surface area (Å²) in [6.45, 7) is 0. The first-order valence-corrected chi connectivity index (χ1v) is 7.70. The average molecular weight is 397 g/mol. The number of halogens is 7. The predicted molar refractivity (Wildman–Crippen MR) is 87.5 cm³/mol. The number of alkyl halides is 3. The Morgan fingerprint density at radius 2 is 1.47 bits per heavy atom. The quantitative estimate of drug-likeness (QED) is 0.355. The molecule has 1 aliphatic carbocycles. The molecule has 0 fully saturated rings. The Hall–Kier alpha value is 0.730. The van der Waals surface area contributed by atoms with Gasteiger partial charge in [-0.25, -0.2) is 0 Å². The molecular formula is C12H5Cl7. The van der Waals surface area contributed by atoms with Gasteiger partial charge in [0.05, 0.1) is 15.4 Å². The van der Waals surface area contributed by atoms with Crippen LogP contribution in [0.3, 0.4) is 0 Å². The van der Waals surface area contributed by atoms with Crippen LogP contribution in [-0.2, 0) is 0 Å². The fraction of sp³-hybridized carbons (Fsp3) is 0.167. The summed E-state index contributed by atoms with van der Waals surface area (Å²) in [7, 11) is 0. The monoisotopic (exact) mass is 394 g/mol. The molecule has 0 nitrogen and oxygen atoms in total. The summed E-state index contributed by atoms with van der Waals surface area (Å²) in [6.07, 6.45) is 2.99. The first kappa shape index (κ1) is 16.1. The third-order valence-corrected chi connectivity index (χ3v) is 4.99. The molecule has 2 rings (SSSR count). The highest BCUT2D eigenvalue weighted by Crippen LogP contribution is 2.46. The first-order valence-electron chi connectivity index (χ1n) is 4.99. The lowest BCUT2D eigenvalue weighted by Gasteiger charge is -2.25. The molecule has 19 heavy (non-hydrogen) atoms. The van der Waals surface area contributed by atoms with E-state index in [4.69, 9.17) is 81.2 Å². The number of hydrogen-bond donors (Lipinski definition) is 0. The van der Waals surface area contributed by atoms with Crippen LogP contribution in [0.15, 0.2) is 29.3 Å². The summed E-state index contributed by atoms with van der Waals surface area (Å²) in [5, 5.41) is 0.687. The van der Waals surface area contributed by atoms with Gasteiger partial charge in [0.1, 0.15) is 0 Å². The number of allylic oxidation sites excluding steroid dienone is 4. The van der Waals surface area contributed by atoms with Gasteiger partial charge in [0.2, 0.25) is 0 Å². The van der Waals surface area contributed by atoms with Gasteiger partial charge in [-0.1, -0.05) is 69.6 Å². The molecule has 0 radical (unpaired) electrons. The van der Waals surface area contributed by atoms with Crippen molar-refractivity contribution in [2.24, 2.45) is 0 Å². The predicted octanol–water partition coefficient (Wildman–Crippen LogP) is 6.95. The summed E-state index contributed by atoms with van der Waals surface area (Å²) in [6, 6.07) is 3.21. The molecule has 102 valence electrons. The summed E-state index contributed by atoms with van der Waals surface area (Å²) in [5.74, 6) is 0. The van der Waals surface area contributed by atoms with Crippen LogP contribution in [0.5, 0.6) is 0 Å². The van der Waals surface area contributed by atoms with Gasteiger partial charge in [0, 0.05) is 15.6 Å². The van der Waals surface area contributed by atoms with E-state index in [1.54, 1.807) is 18.2 Å². The fourth-order valence-electron chi connectivity index (χ4n) is 1.72. The molecule has 1 aliphatic rings. The molecule has 1 unspecified atom stereocenters. The van der Waals surface area contributed by atoms with Crippen molar-refractivity contribution in [3.63, 3.8) is 0 Å². The van der Waals surface area contributed by atoms with Crippen molar-refractivity contribution in [2.75, 3.05) is 0 Å². The minimum atomic E-state index is -1.27. The Morgan fingerprint density at radius 1 is 0.895 bits per heavy atom. The van der Waals surface area contributed by atoms with Crippen LogP contribution in [0, 0.1) is 0 Å². The highest BCUT2D eigenvalue weighted by Gasteiger charge is 2.32. The molecule has 0 N–H and O–H groups in total. The van der Waals surface area contributed by atoms with E-state index in [1.807, 2.05) is 0 Å². The standard InChI is InChI=1S/C12H5Cl7/c13-6-1-2-7(14)11(17)9(6)5-3-12(18,19)4-8(15)10(5)16/h1-4,10H. The molecule has 1 atom stereocenters. The zero-order valence-corrected chi connectivity index (χ0v) is 14.3. The Balaban J connectivity index is 2.65. The van der Waals surface area contributed by atoms with Crippen LogP contribution < -0.4 is 0 Å². The van der Waals surface area contributed by atoms with E-state index in [0.717, 1.165) is 0 Å². The molecule has 0 aliphatic heterocycles. The van der Waals surface area contributed by atoms with Crippen molar-refractivity contribution in [3.05, 3.63) is 49.9 Å². The molecule has 0 heterocycles. The molecule has 1 aromatic rings. The zero-order chi connectivity index (χ0) is 14.4. The average Bonchev–Trinajstić information content (AvgIpc) is 2.30. The van der Waals surface area contributed by atoms with Crippen molar-refractivity contribution < 1.29 is 0 Å². The Kier molecular flexibility index (Phi) is 4.96. The Labute approximate surface area is 145 Å². The minimum Gasteiger partial charge on any atom is -0.112 e. The highest BCUT2D eigenvalue weighted by molar-refractivity contribution is 6.54. The lowest BCUT2D eigenvalue weighted by Crippen LogP contribution is -2.18. The molecule has 0 aromatic heterocycles. The summed E-state index contributed by atoms with van der Waals surface area (Å²) in [4.78, 5) is 0. The summed E-state index contributed by atoms with van der Waals surface area (Å²) >= 11 is 42.7. The maximum Gasteiger partial charge on any atom is 0.156 e. The van der Waals surface area contributed by atoms with Gasteiger partial charge in [-0.2, -0.15) is 0 Å². The molecule has 0 saturated heterocycles. The topological polar surface area (TPSA) is 0 Å². The van der Waals surface area contributed by atoms with Crippen molar-refractivity contribution in [3.8, 4) is 0 Å². The third-order valence-electron chi connectivity index (χ3n) is 2.53. The highest BCUT2D eigenvalue weighted by atomic mass is 35.5. The van der Waals surface area contributed by atoms with E-state index < -0.39 is 9.71 Å². The second-order valence-electron chi connectivity index (χ2n) is 3.88. The Morgan fingerprint density at radius 3 is 2.11 bits per heavy atom. The van der Waals surface area contributed by atoms with E-state index in [0.29, 0.717) is 26.2 Å². The van der Waals surface area contributed by atoms with Crippen molar-refractivity contribution >= 4 is 86.8 Å². The maximum atomic E-state index is 6.25. The van der Waals surface area contributed by atoms with Gasteiger partial charge < -0.3 is 0 Å². The molecule has 1 aromatic carbocycles. The van der Waals surface area contributed by atoms with Gasteiger partial charge >= 0.3 is 0 Å². The van der Waals surface area contributed by atoms with Gasteiger partial charge in [-0.15, -0.1) is 11.6 Å². The van der Waals surface area contributed by atoms with Gasteiger partial charge in [-0.05, 0) is 29.9 Å². The SMILES string of the molecule is ClC1=CC(Cl)(Cl)C=C(c2c(Cl)ccc(Cl)c2Cl)C1Cl. The van der Waals surface area contributed by atoms with Gasteiger partial charge in [-0.3, -0.25) is 0 Å². The molecule has 0 spiro atoms. The second-order valence-corrected chi connectivity index (χ2v) is 7.39. The molecule has 0 saturated carbocycles. The molecule has 0 bridgehead atoms. The largest absolute Gasteiger partial charge is 0.156 e. The third kappa shape index (κ3) is 3.32. The normalized spacial score (nSPS) is 21.9. The molecule has 7 heteroatoms. The summed E-state index contributed by atoms with van der Waals surface area (Å²) < 4.78 is -1.27. The van der Waals surface area contributed by atoms with Gasteiger partial charge in [0.25, 0.3) is 0 Å². The van der Waals surface area contributed by atoms with Crippen molar-refractivity contribution in [1.29, 1.82) is 0 Å². The number of benzene rings is 1. The fourth-order valence-corrected chi connectivity index (χ4v) is 3.57. The van der Waals surface area contributed by atoms with Crippen molar-refractivity contribution in [1.82, 2.24) is 0 Å². The number of rotatable bonds is 1. The molecular weight excluding hydrogens is 392 g/mol. The number of hydrogen-bond acceptors (Lipinski definition) is 0. The van der Waals surface area contributed by atoms with Crippen LogP contribution >= 0.6 is 81.2 Å². The second kappa shape index (κ2) is 5.85. The smallest absolute Gasteiger partial charge is 0.112 e. The van der Waals surface area contributed by atoms with E-state index in [-0.39, 0.29) is 5.02 Å². The maximum absolute atomic E-state index is 6.25. The van der Waals surface area contributed by atoms with E-state index >= 15 is 0 Å². The lowest BCUT2D eigenvalue weighted by atomic mass is 9.96. The van der Waals surface area contributed by atoms with Crippen LogP contribution in [0.1, 0.15) is 5.56 Å². The van der Waals surface area contributed by atoms with Crippen LogP contribution in [0.2, 0.25) is 15.1 Å². The van der Waals surface area contributed by atoms with Crippen molar-refractivity contribution in [2.45, 2.75) is 9.71 Å². The first-order chi connectivity index (χ1) is 8.73. The van der Waals surface area contributed by atoms with Crippen LogP contribution in [-0.4, -0.2) is 9.71 Å². The van der Waals surface area contributed by atoms with E-state index in [9.17, 15) is 0 Å². The lowest BCUT2D eigenvalue weighted by molar-refractivity contribution is 1.16. The Bertz CT molecular complexity index is 586. The summed E-state index contributed by atoms with van der Waals surface area (Å²) in [5.41, 5.74) is 1.00. The van der Waals surface area contributed by atoms with E-state index in [2.05, 4.69) is 0 Å². The van der Waals surface area contributed by atoms with Crippen LogP contribution in [0.25, 0.3) is 5.57 Å².